The van der Waals surface area contributed by atoms with Gasteiger partial charge >= 0.3 is 0 Å². The van der Waals surface area contributed by atoms with Gasteiger partial charge in [0.15, 0.2) is 5.82 Å². The van der Waals surface area contributed by atoms with Crippen LogP contribution in [0, 0.1) is 11.3 Å². The summed E-state index contributed by atoms with van der Waals surface area (Å²) in [5, 5.41) is 4.12. The Balaban J connectivity index is 1.97. The van der Waals surface area contributed by atoms with Gasteiger partial charge in [0, 0.05) is 19.6 Å². The molecule has 0 spiro atoms. The third kappa shape index (κ3) is 3.38. The Morgan fingerprint density at radius 2 is 1.95 bits per heavy atom. The van der Waals surface area contributed by atoms with Crippen molar-refractivity contribution in [3.05, 3.63) is 11.7 Å². The van der Waals surface area contributed by atoms with Crippen molar-refractivity contribution in [3.63, 3.8) is 0 Å². The number of ether oxygens (including phenoxy) is 1. The minimum atomic E-state index is -0.290. The average Bonchev–Trinajstić information content (AvgIpc) is 2.89. The van der Waals surface area contributed by atoms with E-state index in [2.05, 4.69) is 30.9 Å². The fourth-order valence-corrected chi connectivity index (χ4v) is 3.06. The molecular weight excluding hydrogens is 254 g/mol. The second-order valence-corrected chi connectivity index (χ2v) is 6.87. The van der Waals surface area contributed by atoms with E-state index in [4.69, 9.17) is 15.0 Å². The third-order valence-corrected chi connectivity index (χ3v) is 4.55. The molecule has 1 heterocycles. The van der Waals surface area contributed by atoms with Crippen molar-refractivity contribution >= 4 is 0 Å². The molecule has 2 rings (SSSR count). The highest BCUT2D eigenvalue weighted by Gasteiger charge is 2.32. The molecule has 1 aromatic rings. The molecule has 1 aliphatic carbocycles. The van der Waals surface area contributed by atoms with Gasteiger partial charge < -0.3 is 15.0 Å². The van der Waals surface area contributed by atoms with Crippen LogP contribution in [0.25, 0.3) is 0 Å². The van der Waals surface area contributed by atoms with Crippen molar-refractivity contribution in [2.24, 2.45) is 17.1 Å². The topological polar surface area (TPSA) is 74.2 Å². The summed E-state index contributed by atoms with van der Waals surface area (Å²) in [5.41, 5.74) is 6.01. The monoisotopic (exact) mass is 281 g/mol. The largest absolute Gasteiger partial charge is 0.370 e. The number of hydrogen-bond donors (Lipinski definition) is 1. The van der Waals surface area contributed by atoms with Crippen molar-refractivity contribution < 1.29 is 9.26 Å². The molecule has 0 aliphatic heterocycles. The molecule has 5 nitrogen and oxygen atoms in total. The molecule has 0 bridgehead atoms. The molecular formula is C15H27N3O2. The molecule has 2 N–H and O–H groups in total. The highest BCUT2D eigenvalue weighted by Crippen LogP contribution is 2.42. The highest BCUT2D eigenvalue weighted by molar-refractivity contribution is 5.00. The van der Waals surface area contributed by atoms with E-state index in [1.165, 1.54) is 12.8 Å². The number of nitrogens with zero attached hydrogens (tertiary/aromatic N) is 2. The van der Waals surface area contributed by atoms with Crippen LogP contribution in [0.5, 0.6) is 0 Å². The summed E-state index contributed by atoms with van der Waals surface area (Å²) in [6.45, 7) is 7.34. The Morgan fingerprint density at radius 3 is 2.45 bits per heavy atom. The normalized spacial score (nSPS) is 25.6. The van der Waals surface area contributed by atoms with Crippen LogP contribution in [-0.4, -0.2) is 23.8 Å². The zero-order valence-electron chi connectivity index (χ0n) is 13.1. The quantitative estimate of drug-likeness (QED) is 0.918. The summed E-state index contributed by atoms with van der Waals surface area (Å²) in [6, 6.07) is 0. The number of hydrogen-bond acceptors (Lipinski definition) is 5. The first-order chi connectivity index (χ1) is 9.45. The van der Waals surface area contributed by atoms with Crippen LogP contribution < -0.4 is 5.73 Å². The molecule has 1 atom stereocenters. The Kier molecular flexibility index (Phi) is 4.81. The molecule has 0 aromatic carbocycles. The number of aromatic nitrogens is 2. The maximum Gasteiger partial charge on any atom is 0.257 e. The molecule has 1 aromatic heterocycles. The van der Waals surface area contributed by atoms with Crippen LogP contribution in [0.3, 0.4) is 0 Å². The van der Waals surface area contributed by atoms with E-state index in [9.17, 15) is 0 Å². The number of methoxy groups -OCH3 is 1. The smallest absolute Gasteiger partial charge is 0.257 e. The summed E-state index contributed by atoms with van der Waals surface area (Å²) < 4.78 is 10.5. The summed E-state index contributed by atoms with van der Waals surface area (Å²) in [5.74, 6) is 2.54. The third-order valence-electron chi connectivity index (χ3n) is 4.55. The van der Waals surface area contributed by atoms with Crippen molar-refractivity contribution in [2.45, 2.75) is 58.5 Å². The van der Waals surface area contributed by atoms with Gasteiger partial charge in [-0.25, -0.2) is 0 Å². The molecule has 5 heteroatoms. The molecule has 1 fully saturated rings. The fourth-order valence-electron chi connectivity index (χ4n) is 3.06. The SMILES string of the molecule is COC(CN)c1nc(C2CCC(C(C)(C)C)CC2)no1. The molecule has 1 saturated carbocycles. The molecule has 0 radical (unpaired) electrons. The van der Waals surface area contributed by atoms with Crippen LogP contribution in [0.15, 0.2) is 4.52 Å². The summed E-state index contributed by atoms with van der Waals surface area (Å²) in [6.07, 6.45) is 4.47. The summed E-state index contributed by atoms with van der Waals surface area (Å²) in [7, 11) is 1.61. The van der Waals surface area contributed by atoms with E-state index >= 15 is 0 Å². The van der Waals surface area contributed by atoms with Gasteiger partial charge in [0.25, 0.3) is 5.89 Å². The lowest BCUT2D eigenvalue weighted by Crippen LogP contribution is -2.25. The minimum absolute atomic E-state index is 0.290. The van der Waals surface area contributed by atoms with Crippen molar-refractivity contribution in [1.82, 2.24) is 10.1 Å². The predicted molar refractivity (Wildman–Crippen MR) is 77.3 cm³/mol. The first-order valence-electron chi connectivity index (χ1n) is 7.52. The average molecular weight is 281 g/mol. The molecule has 1 aliphatic rings. The second kappa shape index (κ2) is 6.22. The van der Waals surface area contributed by atoms with Gasteiger partial charge in [-0.2, -0.15) is 4.98 Å². The maximum atomic E-state index is 5.62. The lowest BCUT2D eigenvalue weighted by molar-refractivity contribution is 0.0803. The Bertz CT molecular complexity index is 413. The minimum Gasteiger partial charge on any atom is -0.370 e. The van der Waals surface area contributed by atoms with E-state index in [1.807, 2.05) is 0 Å². The number of rotatable bonds is 4. The zero-order valence-corrected chi connectivity index (χ0v) is 13.1. The summed E-state index contributed by atoms with van der Waals surface area (Å²) in [4.78, 5) is 4.48. The maximum absolute atomic E-state index is 5.62. The van der Waals surface area contributed by atoms with Crippen molar-refractivity contribution in [3.8, 4) is 0 Å². The Labute approximate surface area is 121 Å². The van der Waals surface area contributed by atoms with Crippen LogP contribution >= 0.6 is 0 Å². The number of nitrogens with two attached hydrogens (primary N) is 1. The fraction of sp³-hybridized carbons (Fsp3) is 0.867. The van der Waals surface area contributed by atoms with Crippen LogP contribution in [0.4, 0.5) is 0 Å². The van der Waals surface area contributed by atoms with E-state index in [0.717, 1.165) is 24.6 Å². The van der Waals surface area contributed by atoms with Gasteiger partial charge in [-0.05, 0) is 37.0 Å². The van der Waals surface area contributed by atoms with Gasteiger partial charge in [-0.15, -0.1) is 0 Å². The lowest BCUT2D eigenvalue weighted by atomic mass is 9.70. The second-order valence-electron chi connectivity index (χ2n) is 6.87. The first kappa shape index (κ1) is 15.4. The van der Waals surface area contributed by atoms with E-state index in [-0.39, 0.29) is 6.10 Å². The molecule has 114 valence electrons. The van der Waals surface area contributed by atoms with E-state index in [1.54, 1.807) is 7.11 Å². The van der Waals surface area contributed by atoms with Crippen LogP contribution in [-0.2, 0) is 4.74 Å². The standard InChI is InChI=1S/C15H27N3O2/c1-15(2,3)11-7-5-10(6-8-11)13-17-14(20-18-13)12(9-16)19-4/h10-12H,5-9,16H2,1-4H3. The van der Waals surface area contributed by atoms with E-state index < -0.39 is 0 Å². The van der Waals surface area contributed by atoms with Gasteiger partial charge in [0.05, 0.1) is 0 Å². The van der Waals surface area contributed by atoms with Crippen LogP contribution in [0.2, 0.25) is 0 Å². The predicted octanol–water partition coefficient (Wildman–Crippen LogP) is 3.04. The molecule has 20 heavy (non-hydrogen) atoms. The summed E-state index contributed by atoms with van der Waals surface area (Å²) >= 11 is 0. The first-order valence-corrected chi connectivity index (χ1v) is 7.52. The van der Waals surface area contributed by atoms with Gasteiger partial charge in [0.1, 0.15) is 6.10 Å². The van der Waals surface area contributed by atoms with Gasteiger partial charge in [-0.3, -0.25) is 0 Å². The Morgan fingerprint density at radius 1 is 1.30 bits per heavy atom. The molecule has 1 unspecified atom stereocenters. The lowest BCUT2D eigenvalue weighted by Gasteiger charge is -2.36. The highest BCUT2D eigenvalue weighted by atomic mass is 16.5. The van der Waals surface area contributed by atoms with Crippen LogP contribution in [0.1, 0.15) is 70.2 Å². The zero-order chi connectivity index (χ0) is 14.8. The molecule has 0 amide bonds. The molecule has 0 saturated heterocycles. The van der Waals surface area contributed by atoms with Crippen molar-refractivity contribution in [1.29, 1.82) is 0 Å². The van der Waals surface area contributed by atoms with Gasteiger partial charge in [0.2, 0.25) is 0 Å². The van der Waals surface area contributed by atoms with Gasteiger partial charge in [-0.1, -0.05) is 25.9 Å². The Hall–Kier alpha value is -0.940. The van der Waals surface area contributed by atoms with Crippen molar-refractivity contribution in [2.75, 3.05) is 13.7 Å². The van der Waals surface area contributed by atoms with E-state index in [0.29, 0.717) is 23.8 Å².